The molecule has 0 spiro atoms. The topological polar surface area (TPSA) is 49.7 Å². The van der Waals surface area contributed by atoms with E-state index >= 15 is 0 Å². The summed E-state index contributed by atoms with van der Waals surface area (Å²) in [4.78, 5) is 0. The van der Waals surface area contributed by atoms with Crippen LogP contribution in [0.3, 0.4) is 0 Å². The van der Waals surface area contributed by atoms with Crippen LogP contribution in [0.2, 0.25) is 0 Å². The SMILES string of the molecule is CCOc1ccc(C)cc1C(C)CC(O)C(O)CC. The molecule has 1 aromatic carbocycles. The van der Waals surface area contributed by atoms with E-state index in [1.807, 2.05) is 32.9 Å². The van der Waals surface area contributed by atoms with Crippen molar-refractivity contribution >= 4 is 0 Å². The van der Waals surface area contributed by atoms with Gasteiger partial charge in [0.15, 0.2) is 0 Å². The Morgan fingerprint density at radius 3 is 2.42 bits per heavy atom. The summed E-state index contributed by atoms with van der Waals surface area (Å²) in [7, 11) is 0. The summed E-state index contributed by atoms with van der Waals surface area (Å²) in [6.45, 7) is 8.57. The average Bonchev–Trinajstić information content (AvgIpc) is 2.39. The van der Waals surface area contributed by atoms with Crippen LogP contribution in [0.15, 0.2) is 18.2 Å². The fourth-order valence-corrected chi connectivity index (χ4v) is 2.26. The minimum atomic E-state index is -0.685. The zero-order valence-corrected chi connectivity index (χ0v) is 12.4. The highest BCUT2D eigenvalue weighted by atomic mass is 16.5. The molecule has 0 fully saturated rings. The van der Waals surface area contributed by atoms with Gasteiger partial charge < -0.3 is 14.9 Å². The van der Waals surface area contributed by atoms with Crippen LogP contribution in [-0.4, -0.2) is 29.0 Å². The molecule has 0 heterocycles. The molecular weight excluding hydrogens is 240 g/mol. The molecule has 108 valence electrons. The van der Waals surface area contributed by atoms with Crippen LogP contribution >= 0.6 is 0 Å². The van der Waals surface area contributed by atoms with E-state index in [9.17, 15) is 10.2 Å². The zero-order chi connectivity index (χ0) is 14.4. The van der Waals surface area contributed by atoms with Gasteiger partial charge in [-0.25, -0.2) is 0 Å². The van der Waals surface area contributed by atoms with Gasteiger partial charge in [-0.3, -0.25) is 0 Å². The molecule has 0 saturated carbocycles. The monoisotopic (exact) mass is 266 g/mol. The number of rotatable bonds is 7. The van der Waals surface area contributed by atoms with Crippen LogP contribution in [0.4, 0.5) is 0 Å². The summed E-state index contributed by atoms with van der Waals surface area (Å²) in [5, 5.41) is 19.6. The van der Waals surface area contributed by atoms with Crippen molar-refractivity contribution in [2.45, 2.75) is 58.7 Å². The first-order valence-corrected chi connectivity index (χ1v) is 7.09. The molecule has 1 aromatic rings. The Bertz CT molecular complexity index is 390. The molecule has 0 aliphatic rings. The second-order valence-corrected chi connectivity index (χ2v) is 5.15. The molecule has 2 N–H and O–H groups in total. The Hall–Kier alpha value is -1.06. The van der Waals surface area contributed by atoms with Gasteiger partial charge in [-0.05, 0) is 44.2 Å². The molecule has 1 rings (SSSR count). The van der Waals surface area contributed by atoms with Crippen molar-refractivity contribution < 1.29 is 14.9 Å². The summed E-state index contributed by atoms with van der Waals surface area (Å²) in [5.41, 5.74) is 2.28. The summed E-state index contributed by atoms with van der Waals surface area (Å²) < 4.78 is 5.64. The highest BCUT2D eigenvalue weighted by Gasteiger charge is 2.20. The number of aliphatic hydroxyl groups is 2. The van der Waals surface area contributed by atoms with Gasteiger partial charge in [0.05, 0.1) is 18.8 Å². The van der Waals surface area contributed by atoms with E-state index in [0.29, 0.717) is 19.4 Å². The predicted molar refractivity (Wildman–Crippen MR) is 77.7 cm³/mol. The maximum absolute atomic E-state index is 9.95. The summed E-state index contributed by atoms with van der Waals surface area (Å²) in [5.74, 6) is 1.02. The first-order chi connectivity index (χ1) is 8.99. The van der Waals surface area contributed by atoms with Crippen molar-refractivity contribution in [3.05, 3.63) is 29.3 Å². The van der Waals surface area contributed by atoms with Gasteiger partial charge in [0.1, 0.15) is 5.75 Å². The van der Waals surface area contributed by atoms with Crippen LogP contribution in [-0.2, 0) is 0 Å². The minimum Gasteiger partial charge on any atom is -0.494 e. The van der Waals surface area contributed by atoms with E-state index in [2.05, 4.69) is 13.0 Å². The molecule has 0 saturated heterocycles. The molecule has 0 radical (unpaired) electrons. The van der Waals surface area contributed by atoms with Crippen molar-refractivity contribution in [3.8, 4) is 5.75 Å². The Kier molecular flexibility index (Phi) is 6.32. The lowest BCUT2D eigenvalue weighted by Gasteiger charge is -2.22. The highest BCUT2D eigenvalue weighted by molar-refractivity contribution is 5.39. The van der Waals surface area contributed by atoms with E-state index in [1.54, 1.807) is 0 Å². The van der Waals surface area contributed by atoms with E-state index in [1.165, 1.54) is 5.56 Å². The van der Waals surface area contributed by atoms with Crippen LogP contribution in [0.5, 0.6) is 5.75 Å². The van der Waals surface area contributed by atoms with Crippen LogP contribution < -0.4 is 4.74 Å². The van der Waals surface area contributed by atoms with E-state index < -0.39 is 12.2 Å². The number of hydrogen-bond acceptors (Lipinski definition) is 3. The molecule has 0 aliphatic heterocycles. The molecule has 3 atom stereocenters. The van der Waals surface area contributed by atoms with Gasteiger partial charge in [0.2, 0.25) is 0 Å². The fourth-order valence-electron chi connectivity index (χ4n) is 2.26. The lowest BCUT2D eigenvalue weighted by molar-refractivity contribution is 0.00941. The number of hydrogen-bond donors (Lipinski definition) is 2. The van der Waals surface area contributed by atoms with Gasteiger partial charge in [-0.15, -0.1) is 0 Å². The second-order valence-electron chi connectivity index (χ2n) is 5.15. The Balaban J connectivity index is 2.85. The minimum absolute atomic E-state index is 0.151. The van der Waals surface area contributed by atoms with Crippen LogP contribution in [0, 0.1) is 6.92 Å². The van der Waals surface area contributed by atoms with E-state index in [0.717, 1.165) is 11.3 Å². The molecule has 0 amide bonds. The fraction of sp³-hybridized carbons (Fsp3) is 0.625. The molecule has 0 bridgehead atoms. The number of benzene rings is 1. The molecule has 3 nitrogen and oxygen atoms in total. The molecule has 0 aromatic heterocycles. The maximum Gasteiger partial charge on any atom is 0.122 e. The third-order valence-electron chi connectivity index (χ3n) is 3.45. The third kappa shape index (κ3) is 4.51. The number of aliphatic hydroxyl groups excluding tert-OH is 2. The van der Waals surface area contributed by atoms with Gasteiger partial charge in [0, 0.05) is 0 Å². The first-order valence-electron chi connectivity index (χ1n) is 7.09. The summed E-state index contributed by atoms with van der Waals surface area (Å²) in [6, 6.07) is 6.10. The van der Waals surface area contributed by atoms with E-state index in [-0.39, 0.29) is 5.92 Å². The molecular formula is C16H26O3. The van der Waals surface area contributed by atoms with Crippen molar-refractivity contribution in [1.82, 2.24) is 0 Å². The van der Waals surface area contributed by atoms with Crippen LogP contribution in [0.1, 0.15) is 50.7 Å². The lowest BCUT2D eigenvalue weighted by atomic mass is 9.91. The zero-order valence-electron chi connectivity index (χ0n) is 12.4. The van der Waals surface area contributed by atoms with Crippen molar-refractivity contribution in [1.29, 1.82) is 0 Å². The molecule has 3 heteroatoms. The quantitative estimate of drug-likeness (QED) is 0.797. The van der Waals surface area contributed by atoms with Crippen LogP contribution in [0.25, 0.3) is 0 Å². The van der Waals surface area contributed by atoms with E-state index in [4.69, 9.17) is 4.74 Å². The highest BCUT2D eigenvalue weighted by Crippen LogP contribution is 2.31. The first kappa shape index (κ1) is 16.0. The number of aryl methyl sites for hydroxylation is 1. The van der Waals surface area contributed by atoms with Crippen molar-refractivity contribution in [3.63, 3.8) is 0 Å². The molecule has 3 unspecified atom stereocenters. The molecule has 0 aliphatic carbocycles. The summed E-state index contributed by atoms with van der Waals surface area (Å²) >= 11 is 0. The van der Waals surface area contributed by atoms with Gasteiger partial charge in [-0.2, -0.15) is 0 Å². The average molecular weight is 266 g/mol. The largest absolute Gasteiger partial charge is 0.494 e. The standard InChI is InChI=1S/C16H26O3/c1-5-14(17)15(18)10-12(4)13-9-11(3)7-8-16(13)19-6-2/h7-9,12,14-15,17-18H,5-6,10H2,1-4H3. The third-order valence-corrected chi connectivity index (χ3v) is 3.45. The molecule has 19 heavy (non-hydrogen) atoms. The Morgan fingerprint density at radius 1 is 1.16 bits per heavy atom. The van der Waals surface area contributed by atoms with Gasteiger partial charge in [0.25, 0.3) is 0 Å². The second kappa shape index (κ2) is 7.51. The lowest BCUT2D eigenvalue weighted by Crippen LogP contribution is -2.26. The van der Waals surface area contributed by atoms with Gasteiger partial charge >= 0.3 is 0 Å². The Labute approximate surface area is 116 Å². The predicted octanol–water partition coefficient (Wildman–Crippen LogP) is 3.02. The van der Waals surface area contributed by atoms with Gasteiger partial charge in [-0.1, -0.05) is 31.5 Å². The van der Waals surface area contributed by atoms with Crippen molar-refractivity contribution in [2.24, 2.45) is 0 Å². The normalized spacial score (nSPS) is 15.9. The smallest absolute Gasteiger partial charge is 0.122 e. The summed E-state index contributed by atoms with van der Waals surface area (Å²) in [6.07, 6.45) is -0.226. The maximum atomic E-state index is 9.95. The Morgan fingerprint density at radius 2 is 1.84 bits per heavy atom. The number of ether oxygens (including phenoxy) is 1. The van der Waals surface area contributed by atoms with Crippen molar-refractivity contribution in [2.75, 3.05) is 6.61 Å².